The van der Waals surface area contributed by atoms with E-state index in [1.54, 1.807) is 16.7 Å². The summed E-state index contributed by atoms with van der Waals surface area (Å²) in [6, 6.07) is 14.5. The van der Waals surface area contributed by atoms with Gasteiger partial charge in [-0.3, -0.25) is 9.59 Å². The van der Waals surface area contributed by atoms with Crippen molar-refractivity contribution in [3.63, 3.8) is 0 Å². The first-order valence-electron chi connectivity index (χ1n) is 9.50. The first-order valence-corrected chi connectivity index (χ1v) is 9.50. The average Bonchev–Trinajstić information content (AvgIpc) is 3.16. The second-order valence-corrected chi connectivity index (χ2v) is 7.31. The van der Waals surface area contributed by atoms with Crippen LogP contribution >= 0.6 is 0 Å². The molecule has 29 heavy (non-hydrogen) atoms. The Balaban J connectivity index is 1.58. The van der Waals surface area contributed by atoms with Gasteiger partial charge in [0.25, 0.3) is 5.89 Å². The van der Waals surface area contributed by atoms with Gasteiger partial charge >= 0.3 is 5.97 Å². The van der Waals surface area contributed by atoms with Gasteiger partial charge in [0.05, 0.1) is 11.0 Å². The molecule has 2 aromatic carbocycles. The van der Waals surface area contributed by atoms with Crippen molar-refractivity contribution in [1.29, 1.82) is 0 Å². The fraction of sp³-hybridized carbons (Fsp3) is 0.273. The van der Waals surface area contributed by atoms with Crippen LogP contribution in [0.1, 0.15) is 25.6 Å². The first kappa shape index (κ1) is 18.9. The number of hydrogen-bond acceptors (Lipinski definition) is 6. The maximum atomic E-state index is 12.8. The van der Waals surface area contributed by atoms with Crippen molar-refractivity contribution in [3.05, 3.63) is 70.5 Å². The van der Waals surface area contributed by atoms with Crippen molar-refractivity contribution in [2.24, 2.45) is 5.92 Å². The van der Waals surface area contributed by atoms with Crippen LogP contribution in [0.5, 0.6) is 0 Å². The van der Waals surface area contributed by atoms with E-state index in [-0.39, 0.29) is 24.5 Å². The van der Waals surface area contributed by atoms with Crippen molar-refractivity contribution >= 4 is 27.8 Å². The van der Waals surface area contributed by atoms with Gasteiger partial charge in [-0.2, -0.15) is 4.98 Å². The largest absolute Gasteiger partial charge is 0.454 e. The van der Waals surface area contributed by atoms with Crippen molar-refractivity contribution in [1.82, 2.24) is 14.7 Å². The van der Waals surface area contributed by atoms with Crippen LogP contribution in [0.3, 0.4) is 0 Å². The lowest BCUT2D eigenvalue weighted by atomic mass is 10.1. The standard InChI is InChI=1S/C22H21N3O4/c1-14(2)11-19-23-20(29-24-19)13-28-21(26)12-25-17-9-5-3-7-15(17)22(27)16-8-4-6-10-18(16)25/h3-10,14H,11-13H2,1-2H3. The lowest BCUT2D eigenvalue weighted by Gasteiger charge is -2.14. The zero-order valence-corrected chi connectivity index (χ0v) is 16.3. The summed E-state index contributed by atoms with van der Waals surface area (Å²) in [5.74, 6) is 0.824. The predicted octanol–water partition coefficient (Wildman–Crippen LogP) is 3.48. The average molecular weight is 391 g/mol. The number of para-hydroxylation sites is 2. The Hall–Kier alpha value is -3.48. The number of aromatic nitrogens is 3. The highest BCUT2D eigenvalue weighted by molar-refractivity contribution is 5.94. The molecule has 0 amide bonds. The topological polar surface area (TPSA) is 87.2 Å². The number of pyridine rings is 1. The van der Waals surface area contributed by atoms with Gasteiger partial charge in [-0.05, 0) is 30.2 Å². The van der Waals surface area contributed by atoms with E-state index in [4.69, 9.17) is 9.26 Å². The molecule has 0 fully saturated rings. The fourth-order valence-corrected chi connectivity index (χ4v) is 3.36. The molecule has 148 valence electrons. The third-order valence-electron chi connectivity index (χ3n) is 4.62. The Morgan fingerprint density at radius 2 is 1.69 bits per heavy atom. The van der Waals surface area contributed by atoms with Gasteiger partial charge in [0, 0.05) is 17.2 Å². The molecule has 0 saturated heterocycles. The van der Waals surface area contributed by atoms with Gasteiger partial charge in [0.15, 0.2) is 17.9 Å². The summed E-state index contributed by atoms with van der Waals surface area (Å²) in [6.07, 6.45) is 0.701. The van der Waals surface area contributed by atoms with E-state index in [0.717, 1.165) is 0 Å². The molecule has 0 unspecified atom stereocenters. The maximum Gasteiger partial charge on any atom is 0.326 e. The highest BCUT2D eigenvalue weighted by atomic mass is 16.6. The Morgan fingerprint density at radius 3 is 2.31 bits per heavy atom. The molecule has 0 atom stereocenters. The van der Waals surface area contributed by atoms with Gasteiger partial charge in [-0.25, -0.2) is 0 Å². The Morgan fingerprint density at radius 1 is 1.07 bits per heavy atom. The zero-order valence-electron chi connectivity index (χ0n) is 16.3. The highest BCUT2D eigenvalue weighted by Gasteiger charge is 2.15. The van der Waals surface area contributed by atoms with Crippen LogP contribution in [0.15, 0.2) is 57.8 Å². The lowest BCUT2D eigenvalue weighted by molar-refractivity contribution is -0.146. The van der Waals surface area contributed by atoms with Crippen LogP contribution < -0.4 is 5.43 Å². The monoisotopic (exact) mass is 391 g/mol. The Bertz CT molecular complexity index is 1180. The molecule has 0 aliphatic rings. The van der Waals surface area contributed by atoms with E-state index in [0.29, 0.717) is 40.0 Å². The third kappa shape index (κ3) is 3.89. The van der Waals surface area contributed by atoms with E-state index in [2.05, 4.69) is 24.0 Å². The SMILES string of the molecule is CC(C)Cc1noc(COC(=O)Cn2c3ccccc3c(=O)c3ccccc32)n1. The number of esters is 1. The molecule has 4 aromatic rings. The van der Waals surface area contributed by atoms with Gasteiger partial charge < -0.3 is 13.8 Å². The van der Waals surface area contributed by atoms with Crippen LogP contribution in [-0.2, 0) is 29.1 Å². The molecule has 7 nitrogen and oxygen atoms in total. The van der Waals surface area contributed by atoms with Crippen LogP contribution in [0.2, 0.25) is 0 Å². The molecule has 0 radical (unpaired) electrons. The summed E-state index contributed by atoms with van der Waals surface area (Å²) < 4.78 is 12.3. The molecule has 4 rings (SSSR count). The van der Waals surface area contributed by atoms with Crippen LogP contribution in [0, 0.1) is 5.92 Å². The van der Waals surface area contributed by atoms with E-state index in [1.165, 1.54) is 0 Å². The van der Waals surface area contributed by atoms with Gasteiger partial charge in [0.2, 0.25) is 0 Å². The normalized spacial score (nSPS) is 11.4. The number of fused-ring (bicyclic) bond motifs is 2. The molecule has 0 spiro atoms. The molecule has 2 heterocycles. The quantitative estimate of drug-likeness (QED) is 0.369. The van der Waals surface area contributed by atoms with Gasteiger partial charge in [0.1, 0.15) is 6.54 Å². The minimum absolute atomic E-state index is 0.0334. The predicted molar refractivity (Wildman–Crippen MR) is 108 cm³/mol. The Kier molecular flexibility index (Phi) is 5.12. The first-order chi connectivity index (χ1) is 14.0. The van der Waals surface area contributed by atoms with Gasteiger partial charge in [-0.15, -0.1) is 0 Å². The van der Waals surface area contributed by atoms with Crippen molar-refractivity contribution in [2.45, 2.75) is 33.4 Å². The molecule has 0 saturated carbocycles. The number of rotatable bonds is 6. The van der Waals surface area contributed by atoms with Crippen molar-refractivity contribution < 1.29 is 14.1 Å². The maximum absolute atomic E-state index is 12.8. The van der Waals surface area contributed by atoms with Crippen LogP contribution in [-0.4, -0.2) is 20.7 Å². The van der Waals surface area contributed by atoms with Crippen LogP contribution in [0.25, 0.3) is 21.8 Å². The molecule has 0 aliphatic heterocycles. The summed E-state index contributed by atoms with van der Waals surface area (Å²) in [4.78, 5) is 29.5. The summed E-state index contributed by atoms with van der Waals surface area (Å²) in [7, 11) is 0. The van der Waals surface area contributed by atoms with Crippen molar-refractivity contribution in [2.75, 3.05) is 0 Å². The highest BCUT2D eigenvalue weighted by Crippen LogP contribution is 2.19. The summed E-state index contributed by atoms with van der Waals surface area (Å²) in [6.45, 7) is 4.01. The minimum Gasteiger partial charge on any atom is -0.454 e. The number of carbonyl (C=O) groups is 1. The molecule has 0 N–H and O–H groups in total. The third-order valence-corrected chi connectivity index (χ3v) is 4.62. The van der Waals surface area contributed by atoms with Crippen molar-refractivity contribution in [3.8, 4) is 0 Å². The number of nitrogens with zero attached hydrogens (tertiary/aromatic N) is 3. The van der Waals surface area contributed by atoms with E-state index < -0.39 is 5.97 Å². The molecule has 2 aromatic heterocycles. The number of carbonyl (C=O) groups excluding carboxylic acids is 1. The molecule has 7 heteroatoms. The smallest absolute Gasteiger partial charge is 0.326 e. The summed E-state index contributed by atoms with van der Waals surface area (Å²) in [5, 5.41) is 5.02. The molecule has 0 aliphatic carbocycles. The second-order valence-electron chi connectivity index (χ2n) is 7.31. The van der Waals surface area contributed by atoms with Gasteiger partial charge in [-0.1, -0.05) is 43.3 Å². The van der Waals surface area contributed by atoms with E-state index in [1.807, 2.05) is 36.4 Å². The minimum atomic E-state index is -0.451. The van der Waals surface area contributed by atoms with Crippen LogP contribution in [0.4, 0.5) is 0 Å². The van der Waals surface area contributed by atoms with E-state index in [9.17, 15) is 9.59 Å². The summed E-state index contributed by atoms with van der Waals surface area (Å²) >= 11 is 0. The second kappa shape index (κ2) is 7.87. The molecular formula is C22H21N3O4. The molecular weight excluding hydrogens is 370 g/mol. The molecule has 0 bridgehead atoms. The number of benzene rings is 2. The zero-order chi connectivity index (χ0) is 20.4. The number of hydrogen-bond donors (Lipinski definition) is 0. The fourth-order valence-electron chi connectivity index (χ4n) is 3.36. The van der Waals surface area contributed by atoms with E-state index >= 15 is 0 Å². The number of ether oxygens (including phenoxy) is 1. The lowest BCUT2D eigenvalue weighted by Crippen LogP contribution is -2.18. The Labute approximate surface area is 166 Å². The summed E-state index contributed by atoms with van der Waals surface area (Å²) in [5.41, 5.74) is 1.32.